The predicted molar refractivity (Wildman–Crippen MR) is 154 cm³/mol. The van der Waals surface area contributed by atoms with E-state index in [2.05, 4.69) is 36.7 Å². The molecule has 5 nitrogen and oxygen atoms in total. The summed E-state index contributed by atoms with van der Waals surface area (Å²) in [6.45, 7) is 11.0. The van der Waals surface area contributed by atoms with E-state index in [9.17, 15) is 9.59 Å². The van der Waals surface area contributed by atoms with Crippen molar-refractivity contribution < 1.29 is 4.79 Å². The number of aromatic nitrogens is 2. The molecule has 4 aromatic rings. The van der Waals surface area contributed by atoms with E-state index >= 15 is 0 Å². The topological polar surface area (TPSA) is 55.2 Å². The molecule has 0 radical (unpaired) electrons. The van der Waals surface area contributed by atoms with Gasteiger partial charge in [0, 0.05) is 16.6 Å². The number of rotatable bonds is 8. The smallest absolute Gasteiger partial charge is 0.266 e. The molecule has 192 valence electrons. The molecular weight excluding hydrogens is 526 g/mol. The van der Waals surface area contributed by atoms with Gasteiger partial charge in [-0.05, 0) is 86.2 Å². The molecule has 0 aliphatic rings. The fraction of sp³-hybridized carbons (Fsp3) is 0.323. The monoisotopic (exact) mass is 559 g/mol. The van der Waals surface area contributed by atoms with E-state index in [1.165, 1.54) is 0 Å². The van der Waals surface area contributed by atoms with Crippen LogP contribution in [0.5, 0.6) is 0 Å². The van der Waals surface area contributed by atoms with Crippen LogP contribution in [0, 0.1) is 19.8 Å². The van der Waals surface area contributed by atoms with Gasteiger partial charge >= 0.3 is 0 Å². The highest BCUT2D eigenvalue weighted by Gasteiger charge is 2.30. The van der Waals surface area contributed by atoms with Crippen molar-refractivity contribution in [1.82, 2.24) is 14.5 Å². The molecule has 0 bridgehead atoms. The van der Waals surface area contributed by atoms with Gasteiger partial charge in [0.2, 0.25) is 0 Å². The Balaban J connectivity index is 1.96. The third-order valence-corrected chi connectivity index (χ3v) is 7.38. The maximum Gasteiger partial charge on any atom is 0.266 e. The highest BCUT2D eigenvalue weighted by molar-refractivity contribution is 9.10. The predicted octanol–water partition coefficient (Wildman–Crippen LogP) is 7.40. The van der Waals surface area contributed by atoms with Crippen molar-refractivity contribution in [1.29, 1.82) is 0 Å². The van der Waals surface area contributed by atoms with Gasteiger partial charge in [-0.3, -0.25) is 14.2 Å². The molecule has 1 unspecified atom stereocenters. The maximum absolute atomic E-state index is 14.0. The van der Waals surface area contributed by atoms with Crippen molar-refractivity contribution in [2.75, 3.05) is 6.54 Å². The first-order valence-corrected chi connectivity index (χ1v) is 13.7. The van der Waals surface area contributed by atoms with Crippen molar-refractivity contribution in [3.05, 3.63) is 104 Å². The van der Waals surface area contributed by atoms with Gasteiger partial charge in [0.25, 0.3) is 11.5 Å². The Kier molecular flexibility index (Phi) is 8.28. The summed E-state index contributed by atoms with van der Waals surface area (Å²) < 4.78 is 2.56. The molecule has 0 fully saturated rings. The van der Waals surface area contributed by atoms with E-state index in [0.29, 0.717) is 41.2 Å². The first-order chi connectivity index (χ1) is 17.7. The number of carbonyl (C=O) groups excluding carboxylic acids is 1. The van der Waals surface area contributed by atoms with Crippen LogP contribution in [0.2, 0.25) is 0 Å². The Morgan fingerprint density at radius 1 is 1.00 bits per heavy atom. The molecule has 6 heteroatoms. The Morgan fingerprint density at radius 3 is 2.43 bits per heavy atom. The fourth-order valence-corrected chi connectivity index (χ4v) is 5.01. The molecule has 1 aromatic heterocycles. The number of fused-ring (bicyclic) bond motifs is 1. The van der Waals surface area contributed by atoms with E-state index in [1.807, 2.05) is 85.5 Å². The number of nitrogens with zero attached hydrogens (tertiary/aromatic N) is 3. The lowest BCUT2D eigenvalue weighted by atomic mass is 10.0. The van der Waals surface area contributed by atoms with Crippen molar-refractivity contribution >= 4 is 32.7 Å². The number of benzene rings is 3. The lowest BCUT2D eigenvalue weighted by molar-refractivity contribution is 0.0648. The standard InChI is InChI=1S/C31H34BrN3O2/c1-6-28(34(17-16-20(2)3)30(36)23-10-9-11-24(32)19-23)29-33-27-13-8-7-12-26(27)31(37)35(29)25-15-14-21(4)22(5)18-25/h7-15,18-20,28H,6,16-17H2,1-5H3. The van der Waals surface area contributed by atoms with Crippen LogP contribution < -0.4 is 5.56 Å². The highest BCUT2D eigenvalue weighted by Crippen LogP contribution is 2.29. The molecule has 1 heterocycles. The Hall–Kier alpha value is -3.25. The molecular formula is C31H34BrN3O2. The minimum absolute atomic E-state index is 0.0668. The Bertz CT molecular complexity index is 1490. The van der Waals surface area contributed by atoms with E-state index in [0.717, 1.165) is 27.7 Å². The van der Waals surface area contributed by atoms with Gasteiger partial charge in [-0.15, -0.1) is 0 Å². The van der Waals surface area contributed by atoms with E-state index in [4.69, 9.17) is 4.98 Å². The average Bonchev–Trinajstić information content (AvgIpc) is 2.88. The lowest BCUT2D eigenvalue weighted by Gasteiger charge is -2.33. The summed E-state index contributed by atoms with van der Waals surface area (Å²) >= 11 is 3.50. The first-order valence-electron chi connectivity index (χ1n) is 12.9. The summed E-state index contributed by atoms with van der Waals surface area (Å²) in [5, 5.41) is 0.561. The summed E-state index contributed by atoms with van der Waals surface area (Å²) in [6, 6.07) is 20.5. The second-order valence-electron chi connectivity index (χ2n) is 10.0. The van der Waals surface area contributed by atoms with Crippen LogP contribution in [-0.2, 0) is 0 Å². The summed E-state index contributed by atoms with van der Waals surface area (Å²) in [6.07, 6.45) is 1.46. The van der Waals surface area contributed by atoms with Gasteiger partial charge in [-0.1, -0.05) is 61.0 Å². The van der Waals surface area contributed by atoms with Gasteiger partial charge in [0.15, 0.2) is 0 Å². The third-order valence-electron chi connectivity index (χ3n) is 6.89. The normalized spacial score (nSPS) is 12.2. The summed E-state index contributed by atoms with van der Waals surface area (Å²) in [5.41, 5.74) is 4.14. The number of amides is 1. The zero-order chi connectivity index (χ0) is 26.7. The number of para-hydroxylation sites is 1. The molecule has 37 heavy (non-hydrogen) atoms. The second-order valence-corrected chi connectivity index (χ2v) is 10.9. The molecule has 0 aliphatic heterocycles. The quantitative estimate of drug-likeness (QED) is 0.226. The van der Waals surface area contributed by atoms with Gasteiger partial charge in [-0.25, -0.2) is 4.98 Å². The van der Waals surface area contributed by atoms with Crippen LogP contribution in [-0.4, -0.2) is 26.9 Å². The van der Waals surface area contributed by atoms with E-state index in [1.54, 1.807) is 4.57 Å². The minimum Gasteiger partial charge on any atom is -0.328 e. The molecule has 0 saturated carbocycles. The number of aryl methyl sites for hydroxylation is 2. The highest BCUT2D eigenvalue weighted by atomic mass is 79.9. The molecule has 1 amide bonds. The minimum atomic E-state index is -0.385. The maximum atomic E-state index is 14.0. The Labute approximate surface area is 227 Å². The molecule has 0 aliphatic carbocycles. The molecule has 3 aromatic carbocycles. The molecule has 4 rings (SSSR count). The second kappa shape index (κ2) is 11.4. The number of carbonyl (C=O) groups is 1. The van der Waals surface area contributed by atoms with Crippen molar-refractivity contribution in [2.45, 2.75) is 53.5 Å². The van der Waals surface area contributed by atoms with Crippen molar-refractivity contribution in [2.24, 2.45) is 5.92 Å². The lowest BCUT2D eigenvalue weighted by Crippen LogP contribution is -2.39. The zero-order valence-electron chi connectivity index (χ0n) is 22.2. The van der Waals surface area contributed by atoms with Crippen LogP contribution in [0.3, 0.4) is 0 Å². The van der Waals surface area contributed by atoms with Gasteiger partial charge in [-0.2, -0.15) is 0 Å². The molecule has 0 saturated heterocycles. The van der Waals surface area contributed by atoms with Crippen LogP contribution in [0.25, 0.3) is 16.6 Å². The molecule has 0 N–H and O–H groups in total. The molecule has 1 atom stereocenters. The molecule has 0 spiro atoms. The van der Waals surface area contributed by atoms with Crippen LogP contribution in [0.4, 0.5) is 0 Å². The van der Waals surface area contributed by atoms with E-state index in [-0.39, 0.29) is 17.5 Å². The average molecular weight is 561 g/mol. The first kappa shape index (κ1) is 26.8. The van der Waals surface area contributed by atoms with Gasteiger partial charge in [0.1, 0.15) is 5.82 Å². The third kappa shape index (κ3) is 5.69. The number of hydrogen-bond donors (Lipinski definition) is 0. The van der Waals surface area contributed by atoms with Crippen molar-refractivity contribution in [3.63, 3.8) is 0 Å². The number of halogens is 1. The largest absolute Gasteiger partial charge is 0.328 e. The number of hydrogen-bond acceptors (Lipinski definition) is 3. The van der Waals surface area contributed by atoms with Gasteiger partial charge < -0.3 is 4.90 Å². The van der Waals surface area contributed by atoms with Crippen LogP contribution in [0.15, 0.2) is 76.0 Å². The summed E-state index contributed by atoms with van der Waals surface area (Å²) in [5.74, 6) is 0.936. The fourth-order valence-electron chi connectivity index (χ4n) is 4.61. The van der Waals surface area contributed by atoms with E-state index < -0.39 is 0 Å². The summed E-state index contributed by atoms with van der Waals surface area (Å²) in [4.78, 5) is 34.9. The zero-order valence-corrected chi connectivity index (χ0v) is 23.7. The summed E-state index contributed by atoms with van der Waals surface area (Å²) in [7, 11) is 0. The van der Waals surface area contributed by atoms with Crippen molar-refractivity contribution in [3.8, 4) is 5.69 Å². The van der Waals surface area contributed by atoms with Crippen LogP contribution >= 0.6 is 15.9 Å². The Morgan fingerprint density at radius 2 is 1.76 bits per heavy atom. The van der Waals surface area contributed by atoms with Gasteiger partial charge in [0.05, 0.1) is 22.6 Å². The van der Waals surface area contributed by atoms with Crippen LogP contribution in [0.1, 0.15) is 67.0 Å². The SMILES string of the molecule is CCC(c1nc2ccccc2c(=O)n1-c1ccc(C)c(C)c1)N(CCC(C)C)C(=O)c1cccc(Br)c1.